The van der Waals surface area contributed by atoms with E-state index in [0.717, 1.165) is 22.3 Å². The van der Waals surface area contributed by atoms with Gasteiger partial charge >= 0.3 is 12.1 Å². The molecule has 0 unspecified atom stereocenters. The quantitative estimate of drug-likeness (QED) is 0.540. The van der Waals surface area contributed by atoms with Crippen molar-refractivity contribution < 1.29 is 23.9 Å². The van der Waals surface area contributed by atoms with Gasteiger partial charge in [-0.25, -0.2) is 9.59 Å². The van der Waals surface area contributed by atoms with Crippen LogP contribution in [-0.4, -0.2) is 61.5 Å². The molecule has 0 aromatic heterocycles. The van der Waals surface area contributed by atoms with Gasteiger partial charge in [-0.2, -0.15) is 0 Å². The number of amides is 1. The van der Waals surface area contributed by atoms with Gasteiger partial charge in [-0.1, -0.05) is 48.5 Å². The van der Waals surface area contributed by atoms with Crippen LogP contribution in [0, 0.1) is 17.3 Å². The summed E-state index contributed by atoms with van der Waals surface area (Å²) in [4.78, 5) is 24.8. The van der Waals surface area contributed by atoms with E-state index in [9.17, 15) is 14.7 Å². The van der Waals surface area contributed by atoms with E-state index < -0.39 is 23.5 Å². The fourth-order valence-electron chi connectivity index (χ4n) is 5.55. The second-order valence-electron chi connectivity index (χ2n) is 9.46. The van der Waals surface area contributed by atoms with Crippen molar-refractivity contribution in [2.75, 3.05) is 33.8 Å². The standard InChI is InChI=1S/C26H28N2O4/c1-4-5-14-26(16-28(2,3)17-26)23(24(29)30)27-25(31)32-15-22-20-12-8-6-10-18(20)19-11-7-9-13-21(19)22/h6-13,22-23H,14-17H2,1-3H3,(H-,27,29,30,31)/p+1/t23-/m0/s1. The number of aliphatic carboxylic acids is 1. The topological polar surface area (TPSA) is 75.6 Å². The Balaban J connectivity index is 1.48. The predicted octanol–water partition coefficient (Wildman–Crippen LogP) is 3.47. The third-order valence-corrected chi connectivity index (χ3v) is 6.57. The van der Waals surface area contributed by atoms with Crippen LogP contribution in [0.5, 0.6) is 0 Å². The number of carboxylic acid groups (broad SMARTS) is 1. The number of rotatable bonds is 6. The molecule has 2 N–H and O–H groups in total. The Hall–Kier alpha value is -3.30. The Morgan fingerprint density at radius 3 is 2.19 bits per heavy atom. The van der Waals surface area contributed by atoms with Crippen molar-refractivity contribution in [3.8, 4) is 23.0 Å². The van der Waals surface area contributed by atoms with Crippen LogP contribution in [0.2, 0.25) is 0 Å². The summed E-state index contributed by atoms with van der Waals surface area (Å²) in [5.41, 5.74) is 3.91. The molecule has 6 heteroatoms. The average molecular weight is 434 g/mol. The van der Waals surface area contributed by atoms with Crippen LogP contribution in [0.25, 0.3) is 11.1 Å². The number of carbonyl (C=O) groups excluding carboxylic acids is 1. The van der Waals surface area contributed by atoms with Crippen molar-refractivity contribution in [3.05, 3.63) is 59.7 Å². The molecule has 166 valence electrons. The maximum Gasteiger partial charge on any atom is 0.407 e. The summed E-state index contributed by atoms with van der Waals surface area (Å²) < 4.78 is 6.28. The summed E-state index contributed by atoms with van der Waals surface area (Å²) in [6.07, 6.45) is -0.286. The van der Waals surface area contributed by atoms with Gasteiger partial charge in [0, 0.05) is 12.3 Å². The number of likely N-dealkylation sites (tertiary alicyclic amines) is 1. The van der Waals surface area contributed by atoms with Crippen molar-refractivity contribution >= 4 is 12.1 Å². The second-order valence-corrected chi connectivity index (χ2v) is 9.46. The number of carboxylic acids is 1. The summed E-state index contributed by atoms with van der Waals surface area (Å²) in [5.74, 6) is 4.74. The first kappa shape index (κ1) is 21.9. The van der Waals surface area contributed by atoms with Gasteiger partial charge < -0.3 is 19.6 Å². The third-order valence-electron chi connectivity index (χ3n) is 6.57. The van der Waals surface area contributed by atoms with E-state index in [1.165, 1.54) is 0 Å². The van der Waals surface area contributed by atoms with Crippen molar-refractivity contribution in [3.63, 3.8) is 0 Å². The minimum absolute atomic E-state index is 0.0735. The van der Waals surface area contributed by atoms with Gasteiger partial charge in [-0.15, -0.1) is 11.8 Å². The fourth-order valence-corrected chi connectivity index (χ4v) is 5.55. The fraction of sp³-hybridized carbons (Fsp3) is 0.385. The second kappa shape index (κ2) is 8.33. The van der Waals surface area contributed by atoms with Gasteiger partial charge in [0.1, 0.15) is 18.1 Å². The Kier molecular flexibility index (Phi) is 5.70. The number of hydrogen-bond donors (Lipinski definition) is 2. The lowest BCUT2D eigenvalue weighted by molar-refractivity contribution is -0.950. The minimum Gasteiger partial charge on any atom is -0.480 e. The Morgan fingerprint density at radius 2 is 1.69 bits per heavy atom. The molecule has 2 aromatic rings. The van der Waals surface area contributed by atoms with E-state index in [4.69, 9.17) is 4.74 Å². The molecule has 0 radical (unpaired) electrons. The molecule has 4 rings (SSSR count). The number of nitrogens with one attached hydrogen (secondary N) is 1. The highest BCUT2D eigenvalue weighted by Gasteiger charge is 2.59. The molecule has 2 aliphatic rings. The van der Waals surface area contributed by atoms with Gasteiger partial charge in [-0.05, 0) is 29.2 Å². The van der Waals surface area contributed by atoms with Crippen LogP contribution in [0.1, 0.15) is 30.4 Å². The minimum atomic E-state index is -1.06. The van der Waals surface area contributed by atoms with Crippen LogP contribution >= 0.6 is 0 Å². The zero-order chi connectivity index (χ0) is 22.9. The first-order chi connectivity index (χ1) is 15.3. The first-order valence-electron chi connectivity index (χ1n) is 10.8. The molecule has 1 atom stereocenters. The molecule has 1 saturated heterocycles. The number of alkyl carbamates (subject to hydrolysis) is 1. The Bertz CT molecular complexity index is 1060. The zero-order valence-corrected chi connectivity index (χ0v) is 18.7. The van der Waals surface area contributed by atoms with Gasteiger partial charge in [0.2, 0.25) is 0 Å². The molecule has 0 saturated carbocycles. The Morgan fingerprint density at radius 1 is 1.12 bits per heavy atom. The third kappa shape index (κ3) is 3.96. The van der Waals surface area contributed by atoms with Crippen LogP contribution < -0.4 is 5.32 Å². The first-order valence-corrected chi connectivity index (χ1v) is 10.8. The zero-order valence-electron chi connectivity index (χ0n) is 18.7. The molecule has 1 amide bonds. The summed E-state index contributed by atoms with van der Waals surface area (Å²) in [7, 11) is 4.09. The van der Waals surface area contributed by atoms with E-state index in [-0.39, 0.29) is 12.5 Å². The lowest BCUT2D eigenvalue weighted by Gasteiger charge is -2.54. The van der Waals surface area contributed by atoms with Gasteiger partial charge in [-0.3, -0.25) is 0 Å². The predicted molar refractivity (Wildman–Crippen MR) is 122 cm³/mol. The molecule has 1 heterocycles. The van der Waals surface area contributed by atoms with Crippen LogP contribution in [0.15, 0.2) is 48.5 Å². The number of hydrogen-bond acceptors (Lipinski definition) is 3. The van der Waals surface area contributed by atoms with Crippen molar-refractivity contribution in [1.82, 2.24) is 5.32 Å². The van der Waals surface area contributed by atoms with E-state index in [0.29, 0.717) is 24.0 Å². The van der Waals surface area contributed by atoms with Gasteiger partial charge in [0.25, 0.3) is 0 Å². The van der Waals surface area contributed by atoms with E-state index in [2.05, 4.69) is 29.3 Å². The highest BCUT2D eigenvalue weighted by Crippen LogP contribution is 2.44. The van der Waals surface area contributed by atoms with Crippen molar-refractivity contribution in [2.45, 2.75) is 25.3 Å². The lowest BCUT2D eigenvalue weighted by atomic mass is 9.69. The highest BCUT2D eigenvalue weighted by atomic mass is 16.5. The molecule has 1 aliphatic carbocycles. The molecular formula is C26H29N2O4+. The van der Waals surface area contributed by atoms with Crippen LogP contribution in [0.4, 0.5) is 4.79 Å². The summed E-state index contributed by atoms with van der Waals surface area (Å²) in [6, 6.07) is 15.2. The number of nitrogens with zero attached hydrogens (tertiary/aromatic N) is 1. The maximum atomic E-state index is 12.7. The largest absolute Gasteiger partial charge is 0.480 e. The van der Waals surface area contributed by atoms with Crippen LogP contribution in [-0.2, 0) is 9.53 Å². The highest BCUT2D eigenvalue weighted by molar-refractivity contribution is 5.82. The molecule has 1 fully saturated rings. The molecule has 0 spiro atoms. The number of ether oxygens (including phenoxy) is 1. The molecule has 1 aliphatic heterocycles. The van der Waals surface area contributed by atoms with Gasteiger partial charge in [0.05, 0.1) is 27.2 Å². The molecule has 32 heavy (non-hydrogen) atoms. The normalized spacial score (nSPS) is 18.2. The number of carbonyl (C=O) groups is 2. The summed E-state index contributed by atoms with van der Waals surface area (Å²) >= 11 is 0. The van der Waals surface area contributed by atoms with E-state index in [1.807, 2.05) is 50.5 Å². The van der Waals surface area contributed by atoms with Crippen LogP contribution in [0.3, 0.4) is 0 Å². The molecular weight excluding hydrogens is 404 g/mol. The van der Waals surface area contributed by atoms with E-state index in [1.54, 1.807) is 6.92 Å². The van der Waals surface area contributed by atoms with E-state index >= 15 is 0 Å². The van der Waals surface area contributed by atoms with Crippen molar-refractivity contribution in [2.24, 2.45) is 5.41 Å². The monoisotopic (exact) mass is 433 g/mol. The summed E-state index contributed by atoms with van der Waals surface area (Å²) in [5, 5.41) is 12.5. The maximum absolute atomic E-state index is 12.7. The lowest BCUT2D eigenvalue weighted by Crippen LogP contribution is -2.73. The van der Waals surface area contributed by atoms with Gasteiger partial charge in [0.15, 0.2) is 0 Å². The smallest absolute Gasteiger partial charge is 0.407 e. The Labute approximate surface area is 188 Å². The average Bonchev–Trinajstić information content (AvgIpc) is 3.06. The SMILES string of the molecule is CC#CCC1([C@@H](NC(=O)OCC2c3ccccc3-c3ccccc32)C(=O)O)C[N+](C)(C)C1. The van der Waals surface area contributed by atoms with Crippen molar-refractivity contribution in [1.29, 1.82) is 0 Å². The number of quaternary nitrogens is 1. The summed E-state index contributed by atoms with van der Waals surface area (Å²) in [6.45, 7) is 3.14. The molecule has 6 nitrogen and oxygen atoms in total. The number of fused-ring (bicyclic) bond motifs is 3. The number of benzene rings is 2. The molecule has 2 aromatic carbocycles. The molecule has 0 bridgehead atoms.